The summed E-state index contributed by atoms with van der Waals surface area (Å²) in [6.45, 7) is 10.3. The van der Waals surface area contributed by atoms with Crippen LogP contribution in [0.4, 0.5) is 11.6 Å². The van der Waals surface area contributed by atoms with E-state index < -0.39 is 23.3 Å². The van der Waals surface area contributed by atoms with Crippen molar-refractivity contribution >= 4 is 23.5 Å². The molecular weight excluding hydrogens is 498 g/mol. The molecule has 1 unspecified atom stereocenters. The molecule has 0 aliphatic carbocycles. The highest BCUT2D eigenvalue weighted by Crippen LogP contribution is 2.23. The Labute approximate surface area is 228 Å². The van der Waals surface area contributed by atoms with Gasteiger partial charge < -0.3 is 25.2 Å². The minimum Gasteiger partial charge on any atom is -0.492 e. The number of ether oxygens (including phenoxy) is 2. The average Bonchev–Trinajstić information content (AvgIpc) is 2.93. The van der Waals surface area contributed by atoms with Crippen LogP contribution in [0.1, 0.15) is 31.1 Å². The molecule has 1 amide bonds. The first-order valence-electron chi connectivity index (χ1n) is 13.0. The van der Waals surface area contributed by atoms with Gasteiger partial charge in [-0.1, -0.05) is 32.9 Å². The fourth-order valence-electron chi connectivity index (χ4n) is 4.10. The first-order valence-corrected chi connectivity index (χ1v) is 13.0. The van der Waals surface area contributed by atoms with E-state index in [9.17, 15) is 14.7 Å². The van der Waals surface area contributed by atoms with E-state index in [0.29, 0.717) is 18.1 Å². The van der Waals surface area contributed by atoms with Gasteiger partial charge in [-0.2, -0.15) is 0 Å². The number of carboxylic acid groups (broad SMARTS) is 1. The van der Waals surface area contributed by atoms with Gasteiger partial charge in [-0.25, -0.2) is 14.8 Å². The Balaban J connectivity index is 1.29. The summed E-state index contributed by atoms with van der Waals surface area (Å²) < 4.78 is 11.2. The van der Waals surface area contributed by atoms with Gasteiger partial charge in [0.15, 0.2) is 0 Å². The normalized spacial score (nSPS) is 14.8. The van der Waals surface area contributed by atoms with Gasteiger partial charge in [-0.15, -0.1) is 0 Å². The van der Waals surface area contributed by atoms with Crippen molar-refractivity contribution in [3.63, 3.8) is 0 Å². The summed E-state index contributed by atoms with van der Waals surface area (Å²) in [5.41, 5.74) is 2.22. The predicted molar refractivity (Wildman–Crippen MR) is 148 cm³/mol. The fraction of sp³-hybridized carbons (Fsp3) is 0.379. The lowest BCUT2D eigenvalue weighted by Gasteiger charge is -2.27. The van der Waals surface area contributed by atoms with E-state index in [-0.39, 0.29) is 0 Å². The van der Waals surface area contributed by atoms with E-state index in [0.717, 1.165) is 55.4 Å². The molecule has 0 spiro atoms. The summed E-state index contributed by atoms with van der Waals surface area (Å²) in [6, 6.07) is 13.5. The number of morpholine rings is 1. The first-order chi connectivity index (χ1) is 18.7. The van der Waals surface area contributed by atoms with Crippen molar-refractivity contribution < 1.29 is 24.2 Å². The van der Waals surface area contributed by atoms with Crippen LogP contribution in [0.5, 0.6) is 5.75 Å². The Morgan fingerprint density at radius 3 is 2.23 bits per heavy atom. The monoisotopic (exact) mass is 533 g/mol. The molecule has 1 aliphatic heterocycles. The predicted octanol–water partition coefficient (Wildman–Crippen LogP) is 3.83. The SMILES string of the molecule is CC(C)(C)C(NC(=O)c1ccc(-c2cnc(Nc3ccc(OCCN4CCOCC4)cc3)nc2)cc1)C(=O)O. The molecule has 1 aromatic heterocycles. The van der Waals surface area contributed by atoms with Crippen molar-refractivity contribution in [2.45, 2.75) is 26.8 Å². The highest BCUT2D eigenvalue weighted by atomic mass is 16.5. The van der Waals surface area contributed by atoms with Crippen LogP contribution in [0.3, 0.4) is 0 Å². The minimum atomic E-state index is -1.07. The number of hydrogen-bond acceptors (Lipinski definition) is 8. The van der Waals surface area contributed by atoms with Crippen molar-refractivity contribution in [1.82, 2.24) is 20.2 Å². The summed E-state index contributed by atoms with van der Waals surface area (Å²) in [5.74, 6) is -0.244. The average molecular weight is 534 g/mol. The van der Waals surface area contributed by atoms with Crippen molar-refractivity contribution in [3.05, 3.63) is 66.5 Å². The molecule has 1 atom stereocenters. The zero-order valence-electron chi connectivity index (χ0n) is 22.5. The van der Waals surface area contributed by atoms with Crippen LogP contribution in [-0.2, 0) is 9.53 Å². The molecule has 0 bridgehead atoms. The number of nitrogens with one attached hydrogen (secondary N) is 2. The number of nitrogens with zero attached hydrogens (tertiary/aromatic N) is 3. The van der Waals surface area contributed by atoms with Crippen molar-refractivity contribution in [2.75, 3.05) is 44.8 Å². The molecule has 1 saturated heterocycles. The lowest BCUT2D eigenvalue weighted by molar-refractivity contribution is -0.142. The first kappa shape index (κ1) is 28.0. The molecule has 4 rings (SSSR count). The summed E-state index contributed by atoms with van der Waals surface area (Å²) in [7, 11) is 0. The smallest absolute Gasteiger partial charge is 0.326 e. The van der Waals surface area contributed by atoms with Gasteiger partial charge in [0.2, 0.25) is 5.95 Å². The Morgan fingerprint density at radius 1 is 1.00 bits per heavy atom. The van der Waals surface area contributed by atoms with Crippen molar-refractivity contribution in [3.8, 4) is 16.9 Å². The van der Waals surface area contributed by atoms with Crippen LogP contribution in [0.15, 0.2) is 60.9 Å². The largest absolute Gasteiger partial charge is 0.492 e. The molecule has 2 heterocycles. The summed E-state index contributed by atoms with van der Waals surface area (Å²) in [6.07, 6.45) is 3.40. The summed E-state index contributed by atoms with van der Waals surface area (Å²) in [4.78, 5) is 35.3. The number of anilines is 2. The third-order valence-electron chi connectivity index (χ3n) is 6.41. The second kappa shape index (κ2) is 12.7. The van der Waals surface area contributed by atoms with E-state index in [1.54, 1.807) is 57.4 Å². The standard InChI is InChI=1S/C29H35N5O5/c1-29(2,3)25(27(36)37)33-26(35)21-6-4-20(5-7-21)22-18-30-28(31-19-22)32-23-8-10-24(11-9-23)39-17-14-34-12-15-38-16-13-34/h4-11,18-19,25H,12-17H2,1-3H3,(H,33,35)(H,36,37)(H,30,31,32). The molecule has 1 fully saturated rings. The van der Waals surface area contributed by atoms with Gasteiger partial charge in [0, 0.05) is 48.8 Å². The van der Waals surface area contributed by atoms with Crippen molar-refractivity contribution in [2.24, 2.45) is 5.41 Å². The van der Waals surface area contributed by atoms with Gasteiger partial charge in [0.05, 0.1) is 13.2 Å². The summed E-state index contributed by atoms with van der Waals surface area (Å²) >= 11 is 0. The molecular formula is C29H35N5O5. The third-order valence-corrected chi connectivity index (χ3v) is 6.41. The van der Waals surface area contributed by atoms with E-state index in [1.807, 2.05) is 24.3 Å². The summed E-state index contributed by atoms with van der Waals surface area (Å²) in [5, 5.41) is 15.2. The molecule has 206 valence electrons. The zero-order chi connectivity index (χ0) is 27.8. The van der Waals surface area contributed by atoms with Gasteiger partial charge >= 0.3 is 5.97 Å². The van der Waals surface area contributed by atoms with E-state index in [4.69, 9.17) is 9.47 Å². The second-order valence-corrected chi connectivity index (χ2v) is 10.4. The number of carbonyl (C=O) groups excluding carboxylic acids is 1. The van der Waals surface area contributed by atoms with E-state index in [2.05, 4.69) is 25.5 Å². The molecule has 39 heavy (non-hydrogen) atoms. The third kappa shape index (κ3) is 7.98. The number of aliphatic carboxylic acids is 1. The zero-order valence-corrected chi connectivity index (χ0v) is 22.5. The number of carbonyl (C=O) groups is 2. The molecule has 3 N–H and O–H groups in total. The van der Waals surface area contributed by atoms with Gasteiger partial charge in [-0.05, 0) is 47.4 Å². The Morgan fingerprint density at radius 2 is 1.64 bits per heavy atom. The molecule has 10 heteroatoms. The topological polar surface area (TPSA) is 126 Å². The van der Waals surface area contributed by atoms with Crippen LogP contribution in [0.2, 0.25) is 0 Å². The van der Waals surface area contributed by atoms with Gasteiger partial charge in [0.25, 0.3) is 5.91 Å². The lowest BCUT2D eigenvalue weighted by Crippen LogP contribution is -2.49. The maximum atomic E-state index is 12.6. The highest BCUT2D eigenvalue weighted by Gasteiger charge is 2.32. The Bertz CT molecular complexity index is 1240. The number of aromatic nitrogens is 2. The van der Waals surface area contributed by atoms with Crippen LogP contribution < -0.4 is 15.4 Å². The maximum absolute atomic E-state index is 12.6. The van der Waals surface area contributed by atoms with Crippen molar-refractivity contribution in [1.29, 1.82) is 0 Å². The number of amides is 1. The second-order valence-electron chi connectivity index (χ2n) is 10.4. The van der Waals surface area contributed by atoms with Crippen LogP contribution in [0.25, 0.3) is 11.1 Å². The Kier molecular flexibility index (Phi) is 9.11. The minimum absolute atomic E-state index is 0.377. The van der Waals surface area contributed by atoms with E-state index in [1.165, 1.54) is 0 Å². The number of hydrogen-bond donors (Lipinski definition) is 3. The van der Waals surface area contributed by atoms with Crippen LogP contribution >= 0.6 is 0 Å². The van der Waals surface area contributed by atoms with E-state index >= 15 is 0 Å². The quantitative estimate of drug-likeness (QED) is 0.356. The molecule has 3 aromatic rings. The Hall–Kier alpha value is -4.02. The molecule has 0 radical (unpaired) electrons. The fourth-order valence-corrected chi connectivity index (χ4v) is 4.10. The molecule has 2 aromatic carbocycles. The van der Waals surface area contributed by atoms with Gasteiger partial charge in [0.1, 0.15) is 18.4 Å². The number of rotatable bonds is 10. The van der Waals surface area contributed by atoms with Crippen LogP contribution in [0, 0.1) is 5.41 Å². The molecule has 10 nitrogen and oxygen atoms in total. The molecule has 0 saturated carbocycles. The van der Waals surface area contributed by atoms with Gasteiger partial charge in [-0.3, -0.25) is 9.69 Å². The number of benzene rings is 2. The highest BCUT2D eigenvalue weighted by molar-refractivity contribution is 5.97. The maximum Gasteiger partial charge on any atom is 0.326 e. The molecule has 1 aliphatic rings. The van der Waals surface area contributed by atoms with Crippen LogP contribution in [-0.4, -0.2) is 77.3 Å². The number of carboxylic acids is 1. The lowest BCUT2D eigenvalue weighted by atomic mass is 9.86.